The fraction of sp³-hybridized carbons (Fsp3) is 0.231. The van der Waals surface area contributed by atoms with Gasteiger partial charge in [-0.25, -0.2) is 0 Å². The first-order chi connectivity index (χ1) is 15.4. The molecule has 1 unspecified atom stereocenters. The Labute approximate surface area is 193 Å². The Morgan fingerprint density at radius 2 is 1.75 bits per heavy atom. The number of benzene rings is 3. The van der Waals surface area contributed by atoms with Gasteiger partial charge in [0.25, 0.3) is 5.91 Å². The lowest BCUT2D eigenvalue weighted by Gasteiger charge is -2.27. The van der Waals surface area contributed by atoms with Gasteiger partial charge in [-0.05, 0) is 47.1 Å². The highest BCUT2D eigenvalue weighted by atomic mass is 32.1. The molecule has 0 saturated heterocycles. The van der Waals surface area contributed by atoms with Gasteiger partial charge in [0.2, 0.25) is 0 Å². The minimum absolute atomic E-state index is 0.197. The number of anilines is 1. The molecule has 2 N–H and O–H groups in total. The summed E-state index contributed by atoms with van der Waals surface area (Å²) >= 11 is 5.42. The molecular formula is C26H26N2O3S. The highest BCUT2D eigenvalue weighted by molar-refractivity contribution is 7.80. The van der Waals surface area contributed by atoms with Crippen molar-refractivity contribution in [2.24, 2.45) is 0 Å². The zero-order chi connectivity index (χ0) is 22.7. The van der Waals surface area contributed by atoms with Crippen LogP contribution in [-0.4, -0.2) is 24.2 Å². The predicted octanol–water partition coefficient (Wildman–Crippen LogP) is 4.84. The number of nitrogens with one attached hydrogen (secondary N) is 2. The standard InChI is InChI=1S/C26H26N2O3S/c1-26(2,18-10-5-4-6-11-18)19-13-14-22(30-3)20(16-19)27-25(32)28-24(29)23-15-17-9-7-8-12-21(17)31-23/h4-14,16,23H,15H2,1-3H3,(H2,27,28,29,32). The highest BCUT2D eigenvalue weighted by Crippen LogP contribution is 2.36. The van der Waals surface area contributed by atoms with Gasteiger partial charge in [0.05, 0.1) is 12.8 Å². The molecule has 0 bridgehead atoms. The molecule has 1 aliphatic rings. The molecule has 1 amide bonds. The Hall–Kier alpha value is -3.38. The van der Waals surface area contributed by atoms with Crippen LogP contribution in [-0.2, 0) is 16.6 Å². The van der Waals surface area contributed by atoms with Gasteiger partial charge < -0.3 is 14.8 Å². The summed E-state index contributed by atoms with van der Waals surface area (Å²) in [4.78, 5) is 12.7. The number of hydrogen-bond acceptors (Lipinski definition) is 4. The number of thiocarbonyl (C=S) groups is 1. The average molecular weight is 447 g/mol. The molecule has 6 heteroatoms. The number of carbonyl (C=O) groups excluding carboxylic acids is 1. The monoisotopic (exact) mass is 446 g/mol. The first-order valence-corrected chi connectivity index (χ1v) is 10.9. The molecule has 5 nitrogen and oxygen atoms in total. The average Bonchev–Trinajstić information content (AvgIpc) is 3.24. The van der Waals surface area contributed by atoms with Crippen LogP contribution in [0.2, 0.25) is 0 Å². The van der Waals surface area contributed by atoms with E-state index in [1.165, 1.54) is 5.56 Å². The lowest BCUT2D eigenvalue weighted by Crippen LogP contribution is -2.42. The molecule has 3 aromatic rings. The van der Waals surface area contributed by atoms with Crippen LogP contribution in [0.4, 0.5) is 5.69 Å². The van der Waals surface area contributed by atoms with E-state index in [2.05, 4.69) is 36.6 Å². The molecule has 1 aliphatic heterocycles. The second-order valence-corrected chi connectivity index (χ2v) is 8.68. The van der Waals surface area contributed by atoms with Crippen molar-refractivity contribution >= 4 is 28.9 Å². The third-order valence-electron chi connectivity index (χ3n) is 5.84. The molecule has 0 aliphatic carbocycles. The summed E-state index contributed by atoms with van der Waals surface area (Å²) in [6.07, 6.45) is -0.0771. The highest BCUT2D eigenvalue weighted by Gasteiger charge is 2.29. The van der Waals surface area contributed by atoms with Gasteiger partial charge in [-0.2, -0.15) is 0 Å². The Bertz CT molecular complexity index is 1120. The van der Waals surface area contributed by atoms with Crippen LogP contribution in [0.15, 0.2) is 72.8 Å². The molecule has 0 fully saturated rings. The number of para-hydroxylation sites is 1. The van der Waals surface area contributed by atoms with Crippen LogP contribution >= 0.6 is 12.2 Å². The Balaban J connectivity index is 1.48. The number of fused-ring (bicyclic) bond motifs is 1. The molecule has 164 valence electrons. The second-order valence-electron chi connectivity index (χ2n) is 8.27. The predicted molar refractivity (Wildman–Crippen MR) is 130 cm³/mol. The maximum atomic E-state index is 12.7. The number of rotatable bonds is 5. The van der Waals surface area contributed by atoms with Crippen molar-refractivity contribution in [1.29, 1.82) is 0 Å². The zero-order valence-electron chi connectivity index (χ0n) is 18.3. The number of methoxy groups -OCH3 is 1. The first kappa shape index (κ1) is 21.8. The van der Waals surface area contributed by atoms with E-state index in [0.717, 1.165) is 16.9 Å². The van der Waals surface area contributed by atoms with Crippen LogP contribution in [0, 0.1) is 0 Å². The van der Waals surface area contributed by atoms with Gasteiger partial charge in [-0.1, -0.05) is 68.4 Å². The third-order valence-corrected chi connectivity index (χ3v) is 6.05. The van der Waals surface area contributed by atoms with E-state index in [9.17, 15) is 4.79 Å². The molecule has 0 saturated carbocycles. The first-order valence-electron chi connectivity index (χ1n) is 10.5. The molecule has 0 radical (unpaired) electrons. The van der Waals surface area contributed by atoms with E-state index < -0.39 is 6.10 Å². The van der Waals surface area contributed by atoms with Gasteiger partial charge in [-0.15, -0.1) is 0 Å². The molecule has 32 heavy (non-hydrogen) atoms. The molecule has 1 atom stereocenters. The molecule has 1 heterocycles. The zero-order valence-corrected chi connectivity index (χ0v) is 19.2. The van der Waals surface area contributed by atoms with E-state index in [1.807, 2.05) is 60.7 Å². The number of amides is 1. The number of ether oxygens (including phenoxy) is 2. The maximum absolute atomic E-state index is 12.7. The summed E-state index contributed by atoms with van der Waals surface area (Å²) in [5.74, 6) is 1.10. The van der Waals surface area contributed by atoms with Crippen LogP contribution in [0.1, 0.15) is 30.5 Å². The van der Waals surface area contributed by atoms with Crippen LogP contribution in [0.3, 0.4) is 0 Å². The van der Waals surface area contributed by atoms with Gasteiger partial charge in [0.1, 0.15) is 11.5 Å². The van der Waals surface area contributed by atoms with E-state index in [1.54, 1.807) is 7.11 Å². The minimum atomic E-state index is -0.600. The summed E-state index contributed by atoms with van der Waals surface area (Å²) < 4.78 is 11.3. The van der Waals surface area contributed by atoms with Crippen molar-refractivity contribution in [3.63, 3.8) is 0 Å². The lowest BCUT2D eigenvalue weighted by atomic mass is 9.78. The van der Waals surface area contributed by atoms with Crippen LogP contribution in [0.25, 0.3) is 0 Å². The van der Waals surface area contributed by atoms with E-state index in [0.29, 0.717) is 17.9 Å². The van der Waals surface area contributed by atoms with E-state index in [4.69, 9.17) is 21.7 Å². The van der Waals surface area contributed by atoms with Crippen molar-refractivity contribution in [1.82, 2.24) is 5.32 Å². The van der Waals surface area contributed by atoms with Gasteiger partial charge in [-0.3, -0.25) is 10.1 Å². The third kappa shape index (κ3) is 4.46. The molecule has 3 aromatic carbocycles. The van der Waals surface area contributed by atoms with E-state index >= 15 is 0 Å². The van der Waals surface area contributed by atoms with Crippen molar-refractivity contribution in [2.45, 2.75) is 31.8 Å². The number of carbonyl (C=O) groups is 1. The lowest BCUT2D eigenvalue weighted by molar-refractivity contribution is -0.125. The molecule has 0 aromatic heterocycles. The van der Waals surface area contributed by atoms with Gasteiger partial charge in [0.15, 0.2) is 11.2 Å². The minimum Gasteiger partial charge on any atom is -0.495 e. The smallest absolute Gasteiger partial charge is 0.267 e. The fourth-order valence-electron chi connectivity index (χ4n) is 3.89. The quantitative estimate of drug-likeness (QED) is 0.550. The SMILES string of the molecule is COc1ccc(C(C)(C)c2ccccc2)cc1NC(=S)NC(=O)C1Cc2ccccc2O1. The molecule has 4 rings (SSSR count). The topological polar surface area (TPSA) is 59.6 Å². The van der Waals surface area contributed by atoms with Crippen molar-refractivity contribution < 1.29 is 14.3 Å². The van der Waals surface area contributed by atoms with Crippen LogP contribution < -0.4 is 20.1 Å². The summed E-state index contributed by atoms with van der Waals surface area (Å²) in [7, 11) is 1.60. The fourth-order valence-corrected chi connectivity index (χ4v) is 4.10. The summed E-state index contributed by atoms with van der Waals surface area (Å²) in [6, 6.07) is 23.9. The molecule has 0 spiro atoms. The van der Waals surface area contributed by atoms with Crippen molar-refractivity contribution in [3.8, 4) is 11.5 Å². The number of hydrogen-bond donors (Lipinski definition) is 2. The largest absolute Gasteiger partial charge is 0.495 e. The van der Waals surface area contributed by atoms with Crippen LogP contribution in [0.5, 0.6) is 11.5 Å². The van der Waals surface area contributed by atoms with Gasteiger partial charge >= 0.3 is 0 Å². The Morgan fingerprint density at radius 1 is 1.03 bits per heavy atom. The second kappa shape index (κ2) is 9.01. The van der Waals surface area contributed by atoms with Crippen molar-refractivity contribution in [2.75, 3.05) is 12.4 Å². The van der Waals surface area contributed by atoms with E-state index in [-0.39, 0.29) is 16.4 Å². The normalized spacial score (nSPS) is 14.8. The Kier molecular flexibility index (Phi) is 6.15. The molecular weight excluding hydrogens is 420 g/mol. The van der Waals surface area contributed by atoms with Gasteiger partial charge in [0, 0.05) is 11.8 Å². The Morgan fingerprint density at radius 3 is 2.47 bits per heavy atom. The maximum Gasteiger partial charge on any atom is 0.267 e. The van der Waals surface area contributed by atoms with Crippen molar-refractivity contribution in [3.05, 3.63) is 89.5 Å². The summed E-state index contributed by atoms with van der Waals surface area (Å²) in [6.45, 7) is 4.34. The summed E-state index contributed by atoms with van der Waals surface area (Å²) in [5.41, 5.74) is 3.78. The summed E-state index contributed by atoms with van der Waals surface area (Å²) in [5, 5.41) is 6.06.